The first-order valence-electron chi connectivity index (χ1n) is 25.8. The maximum atomic E-state index is 14.0. The van der Waals surface area contributed by atoms with Gasteiger partial charge in [0.1, 0.15) is 43.8 Å². The number of rotatable bonds is 29. The van der Waals surface area contributed by atoms with E-state index in [1.165, 1.54) is 4.90 Å². The molecule has 2 fully saturated rings. The molecule has 0 bridgehead atoms. The molecular weight excluding hydrogens is 1070 g/mol. The maximum absolute atomic E-state index is 14.0. The molecule has 3 aromatic carbocycles. The first-order valence-corrected chi connectivity index (χ1v) is 27.5. The molecule has 4 amide bonds. The Kier molecular flexibility index (Phi) is 22.2. The number of ether oxygens (including phenoxy) is 7. The van der Waals surface area contributed by atoms with Gasteiger partial charge >= 0.3 is 0 Å². The number of hydrogen-bond acceptors (Lipinski definition) is 16. The Bertz CT molecular complexity index is 2710. The van der Waals surface area contributed by atoms with E-state index in [-0.39, 0.29) is 96.4 Å². The number of benzene rings is 3. The van der Waals surface area contributed by atoms with Crippen molar-refractivity contribution in [2.75, 3.05) is 91.0 Å². The molecule has 2 aromatic heterocycles. The molecule has 78 heavy (non-hydrogen) atoms. The lowest BCUT2D eigenvalue weighted by Crippen LogP contribution is -2.58. The molecule has 2 aliphatic heterocycles. The third-order valence-corrected chi connectivity index (χ3v) is 14.4. The summed E-state index contributed by atoms with van der Waals surface area (Å²) >= 11 is 14.3. The largest absolute Gasteiger partial charge is 0.491 e. The number of aliphatic hydroxyl groups excluding tert-OH is 1. The Hall–Kier alpha value is -5.72. The van der Waals surface area contributed by atoms with E-state index in [2.05, 4.69) is 31.2 Å². The van der Waals surface area contributed by atoms with Crippen LogP contribution in [0.25, 0.3) is 10.4 Å². The molecule has 6 atom stereocenters. The van der Waals surface area contributed by atoms with Crippen LogP contribution in [0, 0.1) is 12.3 Å². The van der Waals surface area contributed by atoms with E-state index in [1.54, 1.807) is 42.1 Å². The van der Waals surface area contributed by atoms with Crippen LogP contribution in [0.2, 0.25) is 10.0 Å². The monoisotopic (exact) mass is 1140 g/mol. The zero-order valence-electron chi connectivity index (χ0n) is 44.5. The second kappa shape index (κ2) is 28.9. The molecule has 422 valence electrons. The molecule has 0 unspecified atom stereocenters. The number of nitrogens with one attached hydrogen (secondary N) is 4. The highest BCUT2D eigenvalue weighted by Gasteiger charge is 2.46. The van der Waals surface area contributed by atoms with Gasteiger partial charge in [-0.3, -0.25) is 19.2 Å². The lowest BCUT2D eigenvalue weighted by atomic mass is 9.85. The molecule has 20 nitrogen and oxygen atoms in total. The van der Waals surface area contributed by atoms with E-state index in [0.717, 1.165) is 27.4 Å². The summed E-state index contributed by atoms with van der Waals surface area (Å²) in [5.41, 5.74) is 5.49. The van der Waals surface area contributed by atoms with Crippen molar-refractivity contribution < 1.29 is 57.4 Å². The molecule has 0 radical (unpaired) electrons. The van der Waals surface area contributed by atoms with Crippen LogP contribution < -0.4 is 26.0 Å². The number of anilines is 1. The molecular formula is C55H70Cl2N8O12S. The van der Waals surface area contributed by atoms with Crippen LogP contribution in [-0.4, -0.2) is 158 Å². The van der Waals surface area contributed by atoms with Gasteiger partial charge in [-0.05, 0) is 66.8 Å². The van der Waals surface area contributed by atoms with Gasteiger partial charge in [-0.2, -0.15) is 0 Å². The fraction of sp³-hybridized carbons (Fsp3) is 0.491. The van der Waals surface area contributed by atoms with Gasteiger partial charge in [-0.25, -0.2) is 9.97 Å². The van der Waals surface area contributed by atoms with Crippen molar-refractivity contribution in [1.82, 2.24) is 35.4 Å². The second-order valence-corrected chi connectivity index (χ2v) is 21.7. The summed E-state index contributed by atoms with van der Waals surface area (Å²) in [6, 6.07) is 18.3. The molecule has 5 N–H and O–H groups in total. The lowest BCUT2D eigenvalue weighted by molar-refractivity contribution is -0.189. The van der Waals surface area contributed by atoms with Gasteiger partial charge < -0.3 is 69.0 Å². The van der Waals surface area contributed by atoms with Crippen LogP contribution in [0.5, 0.6) is 5.75 Å². The summed E-state index contributed by atoms with van der Waals surface area (Å²) in [5.74, 6) is -2.10. The molecule has 0 aliphatic carbocycles. The number of β-amino-alcohol motifs (C(OH)–C–C–N with tert-alkyl or cyclic N) is 1. The first kappa shape index (κ1) is 59.9. The highest BCUT2D eigenvalue weighted by molar-refractivity contribution is 7.13. The molecule has 5 aromatic rings. The maximum Gasteiger partial charge on any atom is 0.246 e. The smallest absolute Gasteiger partial charge is 0.246 e. The van der Waals surface area contributed by atoms with Crippen LogP contribution in [0.4, 0.5) is 5.69 Å². The van der Waals surface area contributed by atoms with Crippen LogP contribution in [0.1, 0.15) is 57.0 Å². The summed E-state index contributed by atoms with van der Waals surface area (Å²) in [7, 11) is 0. The predicted molar refractivity (Wildman–Crippen MR) is 294 cm³/mol. The average Bonchev–Trinajstić information content (AvgIpc) is 4.30. The third-order valence-electron chi connectivity index (χ3n) is 12.9. The van der Waals surface area contributed by atoms with Gasteiger partial charge in [0, 0.05) is 54.7 Å². The van der Waals surface area contributed by atoms with Gasteiger partial charge in [0.25, 0.3) is 0 Å². The van der Waals surface area contributed by atoms with Crippen LogP contribution >= 0.6 is 34.5 Å². The zero-order chi connectivity index (χ0) is 55.7. The summed E-state index contributed by atoms with van der Waals surface area (Å²) in [6.45, 7) is 11.9. The summed E-state index contributed by atoms with van der Waals surface area (Å²) < 4.78 is 42.7. The Balaban J connectivity index is 0.693. The minimum absolute atomic E-state index is 0.0356. The number of nitrogens with zero attached hydrogens (tertiary/aromatic N) is 4. The standard InChI is InChI=1S/C55H70Cl2N8O12S/c1-36(38-6-8-39(9-7-38)50-37(2)61-35-78-50)62-52(69)47-27-42(66)28-65(47)53(70)51(54(3,4)5)63-49(68)32-74-25-23-72-21-20-71-22-24-73-31-48(67)60-17-16-59-41-11-13-43(14-12-41)75-29-44-30-76-55(77-44,33-64-19-18-58-34-64)45-15-10-40(56)26-46(45)57/h6-15,18-19,26,34-36,42,44,47,51,59,66H,16-17,20-25,27-33H2,1-5H3,(H,60,67)(H,62,69)(H,63,68)/t36-,42+,44-,47-,51+,55-/m0/s1. The van der Waals surface area contributed by atoms with E-state index in [9.17, 15) is 24.3 Å². The van der Waals surface area contributed by atoms with Crippen LogP contribution in [0.15, 0.2) is 91.0 Å². The number of aryl methyl sites for hydroxylation is 1. The van der Waals surface area contributed by atoms with Crippen molar-refractivity contribution in [2.24, 2.45) is 5.41 Å². The Morgan fingerprint density at radius 3 is 2.23 bits per heavy atom. The third kappa shape index (κ3) is 17.4. The molecule has 23 heteroatoms. The van der Waals surface area contributed by atoms with Crippen LogP contribution in [-0.2, 0) is 59.9 Å². The molecule has 7 rings (SSSR count). The topological polar surface area (TPSA) is 235 Å². The summed E-state index contributed by atoms with van der Waals surface area (Å²) in [5, 5.41) is 23.4. The van der Waals surface area contributed by atoms with Crippen molar-refractivity contribution in [3.8, 4) is 16.2 Å². The highest BCUT2D eigenvalue weighted by Crippen LogP contribution is 2.41. The van der Waals surface area contributed by atoms with Crippen molar-refractivity contribution in [3.05, 3.63) is 118 Å². The number of aliphatic hydroxyl groups is 1. The van der Waals surface area contributed by atoms with Gasteiger partial charge in [-0.1, -0.05) is 74.3 Å². The summed E-state index contributed by atoms with van der Waals surface area (Å²) in [4.78, 5) is 63.8. The molecule has 2 aliphatic rings. The van der Waals surface area contributed by atoms with Crippen molar-refractivity contribution in [3.63, 3.8) is 0 Å². The van der Waals surface area contributed by atoms with Crippen LogP contribution in [0.3, 0.4) is 0 Å². The number of halogens is 2. The van der Waals surface area contributed by atoms with E-state index >= 15 is 0 Å². The number of carbonyl (C=O) groups excluding carboxylic acids is 4. The van der Waals surface area contributed by atoms with E-state index in [0.29, 0.717) is 47.6 Å². The number of imidazole rings is 1. The Morgan fingerprint density at radius 2 is 1.59 bits per heavy atom. The number of likely N-dealkylation sites (tertiary alicyclic amines) is 1. The number of carbonyl (C=O) groups is 4. The number of hydrogen-bond donors (Lipinski definition) is 5. The fourth-order valence-electron chi connectivity index (χ4n) is 8.80. The number of aromatic nitrogens is 3. The van der Waals surface area contributed by atoms with Crippen molar-refractivity contribution >= 4 is 63.9 Å². The molecule has 2 saturated heterocycles. The van der Waals surface area contributed by atoms with Gasteiger partial charge in [0.2, 0.25) is 29.4 Å². The summed E-state index contributed by atoms with van der Waals surface area (Å²) in [6.07, 6.45) is 4.01. The van der Waals surface area contributed by atoms with E-state index < -0.39 is 41.2 Å². The Labute approximate surface area is 468 Å². The molecule has 0 spiro atoms. The SMILES string of the molecule is Cc1ncsc1-c1ccc([C@H](C)NC(=O)[C@@H]2C[C@@H](O)CN2C(=O)[C@@H](NC(=O)COCCOCCOCCOCC(=O)NCCNc2ccc(OC[C@H]3CO[C@](Cn4ccnc4)(c4ccc(Cl)cc4Cl)O3)cc2)C(C)(C)C)cc1. The van der Waals surface area contributed by atoms with E-state index in [1.807, 2.05) is 99.4 Å². The van der Waals surface area contributed by atoms with E-state index in [4.69, 9.17) is 56.4 Å². The fourth-order valence-corrected chi connectivity index (χ4v) is 10.2. The average molecular weight is 1140 g/mol. The number of amides is 4. The molecule has 4 heterocycles. The second-order valence-electron chi connectivity index (χ2n) is 20.0. The van der Waals surface area contributed by atoms with Gasteiger partial charge in [0.05, 0.1) is 92.4 Å². The Morgan fingerprint density at radius 1 is 0.897 bits per heavy atom. The number of thiazole rings is 1. The predicted octanol–water partition coefficient (Wildman–Crippen LogP) is 5.93. The van der Waals surface area contributed by atoms with Gasteiger partial charge in [0.15, 0.2) is 0 Å². The van der Waals surface area contributed by atoms with Crippen molar-refractivity contribution in [2.45, 2.75) is 83.7 Å². The first-order chi connectivity index (χ1) is 37.5. The lowest BCUT2D eigenvalue weighted by Gasteiger charge is -2.35. The molecule has 0 saturated carbocycles. The highest BCUT2D eigenvalue weighted by atomic mass is 35.5. The quantitative estimate of drug-likeness (QED) is 0.0349. The van der Waals surface area contributed by atoms with Crippen molar-refractivity contribution in [1.29, 1.82) is 0 Å². The normalized spacial score (nSPS) is 19.1. The zero-order valence-corrected chi connectivity index (χ0v) is 46.9. The minimum Gasteiger partial charge on any atom is -0.491 e. The van der Waals surface area contributed by atoms with Gasteiger partial charge in [-0.15, -0.1) is 11.3 Å². The minimum atomic E-state index is -1.15.